The van der Waals surface area contributed by atoms with Crippen LogP contribution in [0, 0.1) is 0 Å². The zero-order chi connectivity index (χ0) is 15.1. The van der Waals surface area contributed by atoms with E-state index in [1.165, 1.54) is 30.5 Å². The van der Waals surface area contributed by atoms with Crippen molar-refractivity contribution in [3.05, 3.63) is 28.8 Å². The van der Waals surface area contributed by atoms with Crippen LogP contribution < -0.4 is 10.6 Å². The molecular weight excluding hydrogens is 268 g/mol. The Bertz CT molecular complexity index is 402. The number of nitrogens with zero attached hydrogens (tertiary/aromatic N) is 1. The molecule has 3 heteroatoms. The number of hydrogen-bond donors (Lipinski definition) is 1. The molecular formula is C17H29ClN2. The van der Waals surface area contributed by atoms with Crippen molar-refractivity contribution in [3.8, 4) is 0 Å². The summed E-state index contributed by atoms with van der Waals surface area (Å²) in [5.74, 6) is 0. The molecule has 0 amide bonds. The van der Waals surface area contributed by atoms with Gasteiger partial charge in [-0.2, -0.15) is 0 Å². The lowest BCUT2D eigenvalue weighted by Gasteiger charge is -2.32. The smallest absolute Gasteiger partial charge is 0.0459 e. The van der Waals surface area contributed by atoms with E-state index in [1.54, 1.807) is 0 Å². The maximum atomic E-state index is 6.40. The van der Waals surface area contributed by atoms with Gasteiger partial charge in [-0.15, -0.1) is 0 Å². The number of rotatable bonds is 8. The number of unbranched alkanes of at least 4 members (excludes halogenated alkanes) is 2. The number of hydrogen-bond acceptors (Lipinski definition) is 2. The van der Waals surface area contributed by atoms with E-state index in [4.69, 9.17) is 17.3 Å². The zero-order valence-corrected chi connectivity index (χ0v) is 14.1. The molecule has 114 valence electrons. The van der Waals surface area contributed by atoms with E-state index < -0.39 is 0 Å². The van der Waals surface area contributed by atoms with Gasteiger partial charge in [0.15, 0.2) is 0 Å². The summed E-state index contributed by atoms with van der Waals surface area (Å²) < 4.78 is 0. The molecule has 1 aromatic carbocycles. The fourth-order valence-electron chi connectivity index (χ4n) is 2.53. The molecule has 0 fully saturated rings. The van der Waals surface area contributed by atoms with Crippen LogP contribution in [0.5, 0.6) is 0 Å². The van der Waals surface area contributed by atoms with E-state index in [9.17, 15) is 0 Å². The Labute approximate surface area is 129 Å². The van der Waals surface area contributed by atoms with E-state index in [2.05, 4.69) is 31.7 Å². The minimum absolute atomic E-state index is 0.123. The third-order valence-electron chi connectivity index (χ3n) is 3.56. The van der Waals surface area contributed by atoms with Crippen molar-refractivity contribution >= 4 is 17.3 Å². The number of nitrogens with two attached hydrogens (primary N) is 1. The zero-order valence-electron chi connectivity index (χ0n) is 13.3. The summed E-state index contributed by atoms with van der Waals surface area (Å²) in [7, 11) is 0. The molecule has 1 rings (SSSR count). The minimum Gasteiger partial charge on any atom is -0.369 e. The van der Waals surface area contributed by atoms with Gasteiger partial charge in [-0.05, 0) is 51.3 Å². The fourth-order valence-corrected chi connectivity index (χ4v) is 2.78. The Balaban J connectivity index is 3.02. The van der Waals surface area contributed by atoms with Crippen molar-refractivity contribution in [2.45, 2.75) is 65.5 Å². The van der Waals surface area contributed by atoms with Gasteiger partial charge >= 0.3 is 0 Å². The third-order valence-corrected chi connectivity index (χ3v) is 3.91. The van der Waals surface area contributed by atoms with Gasteiger partial charge in [-0.3, -0.25) is 0 Å². The summed E-state index contributed by atoms with van der Waals surface area (Å²) in [5.41, 5.74) is 8.42. The van der Waals surface area contributed by atoms with Gasteiger partial charge in [0.2, 0.25) is 0 Å². The topological polar surface area (TPSA) is 29.3 Å². The van der Waals surface area contributed by atoms with Crippen molar-refractivity contribution in [1.82, 2.24) is 0 Å². The molecule has 0 aromatic heterocycles. The standard InChI is InChI=1S/C17H29ClN2/c1-5-6-7-11-20(13(2)3)17-10-8-9-16(18)15(17)12-14(4)19/h8-10,13-14H,5-7,11-12,19H2,1-4H3. The first-order chi connectivity index (χ1) is 9.47. The lowest BCUT2D eigenvalue weighted by Crippen LogP contribution is -2.33. The molecule has 0 radical (unpaired) electrons. The van der Waals surface area contributed by atoms with Crippen LogP contribution >= 0.6 is 11.6 Å². The average Bonchev–Trinajstić information content (AvgIpc) is 2.37. The third kappa shape index (κ3) is 4.99. The van der Waals surface area contributed by atoms with Crippen molar-refractivity contribution in [2.75, 3.05) is 11.4 Å². The Kier molecular flexibility index (Phi) is 7.39. The van der Waals surface area contributed by atoms with Crippen molar-refractivity contribution in [2.24, 2.45) is 5.73 Å². The van der Waals surface area contributed by atoms with Gasteiger partial charge in [0, 0.05) is 29.3 Å². The SMILES string of the molecule is CCCCCN(c1cccc(Cl)c1CC(C)N)C(C)C. The lowest BCUT2D eigenvalue weighted by molar-refractivity contribution is 0.621. The van der Waals surface area contributed by atoms with Crippen LogP contribution in [-0.4, -0.2) is 18.6 Å². The predicted octanol–water partition coefficient (Wildman–Crippen LogP) is 4.63. The van der Waals surface area contributed by atoms with Crippen molar-refractivity contribution < 1.29 is 0 Å². The molecule has 0 heterocycles. The van der Waals surface area contributed by atoms with Gasteiger partial charge in [0.25, 0.3) is 0 Å². The summed E-state index contributed by atoms with van der Waals surface area (Å²) in [4.78, 5) is 2.46. The van der Waals surface area contributed by atoms with Crippen LogP contribution in [0.4, 0.5) is 5.69 Å². The quantitative estimate of drug-likeness (QED) is 0.708. The summed E-state index contributed by atoms with van der Waals surface area (Å²) >= 11 is 6.40. The van der Waals surface area contributed by atoms with Crippen LogP contribution in [0.3, 0.4) is 0 Å². The summed E-state index contributed by atoms with van der Waals surface area (Å²) in [6.07, 6.45) is 4.56. The van der Waals surface area contributed by atoms with Gasteiger partial charge in [0.1, 0.15) is 0 Å². The molecule has 20 heavy (non-hydrogen) atoms. The van der Waals surface area contributed by atoms with E-state index in [0.717, 1.165) is 18.0 Å². The fraction of sp³-hybridized carbons (Fsp3) is 0.647. The normalized spacial score (nSPS) is 12.8. The lowest BCUT2D eigenvalue weighted by atomic mass is 10.0. The van der Waals surface area contributed by atoms with E-state index >= 15 is 0 Å². The van der Waals surface area contributed by atoms with E-state index in [-0.39, 0.29) is 6.04 Å². The Hall–Kier alpha value is -0.730. The maximum absolute atomic E-state index is 6.40. The highest BCUT2D eigenvalue weighted by atomic mass is 35.5. The molecule has 1 aromatic rings. The highest BCUT2D eigenvalue weighted by molar-refractivity contribution is 6.31. The summed E-state index contributed by atoms with van der Waals surface area (Å²) in [5, 5.41) is 0.834. The number of halogens is 1. The molecule has 0 saturated heterocycles. The van der Waals surface area contributed by atoms with Gasteiger partial charge < -0.3 is 10.6 Å². The van der Waals surface area contributed by atoms with E-state index in [1.807, 2.05) is 19.1 Å². The molecule has 1 atom stereocenters. The highest BCUT2D eigenvalue weighted by Crippen LogP contribution is 2.30. The molecule has 0 bridgehead atoms. The maximum Gasteiger partial charge on any atom is 0.0459 e. The Morgan fingerprint density at radius 2 is 1.90 bits per heavy atom. The van der Waals surface area contributed by atoms with Crippen LogP contribution in [-0.2, 0) is 6.42 Å². The van der Waals surface area contributed by atoms with E-state index in [0.29, 0.717) is 6.04 Å². The second-order valence-electron chi connectivity index (χ2n) is 5.91. The molecule has 0 aliphatic heterocycles. The average molecular weight is 297 g/mol. The summed E-state index contributed by atoms with van der Waals surface area (Å²) in [6.45, 7) is 9.83. The molecule has 0 aliphatic carbocycles. The number of anilines is 1. The van der Waals surface area contributed by atoms with Crippen molar-refractivity contribution in [3.63, 3.8) is 0 Å². The molecule has 2 N–H and O–H groups in total. The molecule has 2 nitrogen and oxygen atoms in total. The van der Waals surface area contributed by atoms with Crippen molar-refractivity contribution in [1.29, 1.82) is 0 Å². The van der Waals surface area contributed by atoms with Crippen LogP contribution in [0.15, 0.2) is 18.2 Å². The second-order valence-corrected chi connectivity index (χ2v) is 6.32. The second kappa shape index (κ2) is 8.53. The summed E-state index contributed by atoms with van der Waals surface area (Å²) in [6, 6.07) is 6.77. The van der Waals surface area contributed by atoms with Crippen LogP contribution in [0.25, 0.3) is 0 Å². The van der Waals surface area contributed by atoms with Gasteiger partial charge in [-0.25, -0.2) is 0 Å². The molecule has 0 spiro atoms. The predicted molar refractivity (Wildman–Crippen MR) is 90.8 cm³/mol. The van der Waals surface area contributed by atoms with Crippen LogP contribution in [0.2, 0.25) is 5.02 Å². The largest absolute Gasteiger partial charge is 0.369 e. The molecule has 0 saturated carbocycles. The first kappa shape index (κ1) is 17.3. The van der Waals surface area contributed by atoms with Gasteiger partial charge in [-0.1, -0.05) is 37.4 Å². The Morgan fingerprint density at radius 1 is 1.20 bits per heavy atom. The number of benzene rings is 1. The first-order valence-electron chi connectivity index (χ1n) is 7.77. The van der Waals surface area contributed by atoms with Crippen LogP contribution in [0.1, 0.15) is 52.5 Å². The first-order valence-corrected chi connectivity index (χ1v) is 8.14. The van der Waals surface area contributed by atoms with Gasteiger partial charge in [0.05, 0.1) is 0 Å². The minimum atomic E-state index is 0.123. The monoisotopic (exact) mass is 296 g/mol. The Morgan fingerprint density at radius 3 is 2.45 bits per heavy atom. The highest BCUT2D eigenvalue weighted by Gasteiger charge is 2.17. The molecule has 0 aliphatic rings. The molecule has 1 unspecified atom stereocenters.